The summed E-state index contributed by atoms with van der Waals surface area (Å²) in [5.41, 5.74) is 0.952. The van der Waals surface area contributed by atoms with Gasteiger partial charge in [0.1, 0.15) is 22.9 Å². The van der Waals surface area contributed by atoms with Gasteiger partial charge >= 0.3 is 0 Å². The van der Waals surface area contributed by atoms with E-state index >= 15 is 0 Å². The van der Waals surface area contributed by atoms with E-state index in [2.05, 4.69) is 32.0 Å². The van der Waals surface area contributed by atoms with Gasteiger partial charge < -0.3 is 20.9 Å². The highest BCUT2D eigenvalue weighted by atomic mass is 35.5. The van der Waals surface area contributed by atoms with Gasteiger partial charge in [-0.05, 0) is 43.7 Å². The average Bonchev–Trinajstić information content (AvgIpc) is 3.48. The van der Waals surface area contributed by atoms with Gasteiger partial charge in [-0.15, -0.1) is 0 Å². The molecule has 32 heavy (non-hydrogen) atoms. The number of hydrogen-bond acceptors (Lipinski definition) is 5. The Balaban J connectivity index is 1.42. The highest BCUT2D eigenvalue weighted by Gasteiger charge is 2.33. The molecule has 9 nitrogen and oxygen atoms in total. The third-order valence-electron chi connectivity index (χ3n) is 6.02. The number of nitriles is 1. The molecule has 2 aromatic heterocycles. The maximum atomic E-state index is 13.0. The van der Waals surface area contributed by atoms with Crippen LogP contribution in [0.4, 0.5) is 0 Å². The summed E-state index contributed by atoms with van der Waals surface area (Å²) in [6.07, 6.45) is 5.87. The molecule has 1 aliphatic heterocycles. The van der Waals surface area contributed by atoms with Crippen molar-refractivity contribution in [3.8, 4) is 6.07 Å². The summed E-state index contributed by atoms with van der Waals surface area (Å²) >= 11 is 6.09. The van der Waals surface area contributed by atoms with Gasteiger partial charge in [0.15, 0.2) is 0 Å². The van der Waals surface area contributed by atoms with E-state index in [-0.39, 0.29) is 29.1 Å². The fraction of sp³-hybridized carbons (Fsp3) is 0.500. The lowest BCUT2D eigenvalue weighted by molar-refractivity contribution is -0.128. The van der Waals surface area contributed by atoms with Crippen LogP contribution in [0.25, 0.3) is 10.9 Å². The van der Waals surface area contributed by atoms with Crippen LogP contribution < -0.4 is 16.0 Å². The van der Waals surface area contributed by atoms with Crippen molar-refractivity contribution >= 4 is 40.2 Å². The third kappa shape index (κ3) is 5.19. The Kier molecular flexibility index (Phi) is 6.61. The lowest BCUT2D eigenvalue weighted by atomic mass is 9.92. The second-order valence-corrected chi connectivity index (χ2v) is 8.87. The molecule has 10 heteroatoms. The van der Waals surface area contributed by atoms with Crippen LogP contribution in [0.2, 0.25) is 5.15 Å². The van der Waals surface area contributed by atoms with E-state index in [4.69, 9.17) is 11.6 Å². The summed E-state index contributed by atoms with van der Waals surface area (Å²) in [6, 6.07) is 3.83. The summed E-state index contributed by atoms with van der Waals surface area (Å²) in [6.45, 7) is 0.642. The van der Waals surface area contributed by atoms with E-state index in [1.165, 1.54) is 0 Å². The number of nitrogens with one attached hydrogen (secondary N) is 4. The Morgan fingerprint density at radius 2 is 2.09 bits per heavy atom. The van der Waals surface area contributed by atoms with Crippen LogP contribution in [-0.4, -0.2) is 46.3 Å². The summed E-state index contributed by atoms with van der Waals surface area (Å²) < 4.78 is 0. The SMILES string of the molecule is N#CC(CC1CCCNC1=O)NC(=O)C(CC1CC1)NC(=O)c1cc2c(Cl)nccc2[nH]1. The van der Waals surface area contributed by atoms with Crippen LogP contribution in [0.3, 0.4) is 0 Å². The number of pyridine rings is 1. The number of aromatic amines is 1. The maximum Gasteiger partial charge on any atom is 0.268 e. The van der Waals surface area contributed by atoms with Gasteiger partial charge in [-0.2, -0.15) is 5.26 Å². The van der Waals surface area contributed by atoms with Gasteiger partial charge in [0, 0.05) is 24.0 Å². The minimum atomic E-state index is -0.798. The lowest BCUT2D eigenvalue weighted by Crippen LogP contribution is -2.50. The molecule has 2 fully saturated rings. The first kappa shape index (κ1) is 22.1. The van der Waals surface area contributed by atoms with E-state index in [1.807, 2.05) is 0 Å². The molecular formula is C22H25ClN6O3. The second kappa shape index (κ2) is 9.57. The van der Waals surface area contributed by atoms with Crippen molar-refractivity contribution in [2.45, 2.75) is 50.6 Å². The van der Waals surface area contributed by atoms with Crippen molar-refractivity contribution < 1.29 is 14.4 Å². The zero-order valence-corrected chi connectivity index (χ0v) is 18.2. The molecule has 4 N–H and O–H groups in total. The van der Waals surface area contributed by atoms with Crippen molar-refractivity contribution in [3.05, 3.63) is 29.2 Å². The topological polar surface area (TPSA) is 140 Å². The van der Waals surface area contributed by atoms with Gasteiger partial charge in [0.05, 0.1) is 11.6 Å². The number of H-pyrrole nitrogens is 1. The zero-order valence-electron chi connectivity index (χ0n) is 17.5. The minimum absolute atomic E-state index is 0.0828. The first-order chi connectivity index (χ1) is 15.4. The van der Waals surface area contributed by atoms with Crippen LogP contribution in [0.15, 0.2) is 18.3 Å². The van der Waals surface area contributed by atoms with E-state index in [0.29, 0.717) is 36.2 Å². The van der Waals surface area contributed by atoms with Gasteiger partial charge in [0.2, 0.25) is 11.8 Å². The molecule has 0 radical (unpaired) electrons. The number of aromatic nitrogens is 2. The van der Waals surface area contributed by atoms with Gasteiger partial charge in [-0.25, -0.2) is 4.98 Å². The van der Waals surface area contributed by atoms with Crippen molar-refractivity contribution in [2.24, 2.45) is 11.8 Å². The minimum Gasteiger partial charge on any atom is -0.356 e. The van der Waals surface area contributed by atoms with Crippen molar-refractivity contribution in [2.75, 3.05) is 6.54 Å². The summed E-state index contributed by atoms with van der Waals surface area (Å²) in [7, 11) is 0. The fourth-order valence-corrected chi connectivity index (χ4v) is 4.27. The number of rotatable bonds is 8. The number of hydrogen-bond donors (Lipinski definition) is 4. The molecule has 1 saturated carbocycles. The highest BCUT2D eigenvalue weighted by molar-refractivity contribution is 6.34. The van der Waals surface area contributed by atoms with Crippen LogP contribution in [0.1, 0.15) is 49.0 Å². The van der Waals surface area contributed by atoms with E-state index < -0.39 is 23.9 Å². The van der Waals surface area contributed by atoms with E-state index in [9.17, 15) is 19.6 Å². The van der Waals surface area contributed by atoms with Crippen LogP contribution >= 0.6 is 11.6 Å². The molecule has 1 saturated heterocycles. The molecule has 168 valence electrons. The predicted octanol–water partition coefficient (Wildman–Crippen LogP) is 2.04. The van der Waals surface area contributed by atoms with Gasteiger partial charge in [-0.3, -0.25) is 14.4 Å². The van der Waals surface area contributed by atoms with Gasteiger partial charge in [0.25, 0.3) is 5.91 Å². The van der Waals surface area contributed by atoms with Crippen molar-refractivity contribution in [1.29, 1.82) is 5.26 Å². The highest BCUT2D eigenvalue weighted by Crippen LogP contribution is 2.33. The number of carbonyl (C=O) groups excluding carboxylic acids is 3. The van der Waals surface area contributed by atoms with Crippen LogP contribution in [-0.2, 0) is 9.59 Å². The quantitative estimate of drug-likeness (QED) is 0.450. The molecule has 3 atom stereocenters. The van der Waals surface area contributed by atoms with E-state index in [0.717, 1.165) is 19.3 Å². The average molecular weight is 457 g/mol. The summed E-state index contributed by atoms with van der Waals surface area (Å²) in [4.78, 5) is 44.8. The Labute approximate surface area is 190 Å². The third-order valence-corrected chi connectivity index (χ3v) is 6.33. The zero-order chi connectivity index (χ0) is 22.7. The largest absolute Gasteiger partial charge is 0.356 e. The first-order valence-corrected chi connectivity index (χ1v) is 11.2. The molecule has 4 rings (SSSR count). The molecule has 0 aromatic carbocycles. The Hall–Kier alpha value is -3.12. The maximum absolute atomic E-state index is 13.0. The number of halogens is 1. The Morgan fingerprint density at radius 3 is 2.78 bits per heavy atom. The van der Waals surface area contributed by atoms with Crippen molar-refractivity contribution in [3.63, 3.8) is 0 Å². The van der Waals surface area contributed by atoms with Gasteiger partial charge in [-0.1, -0.05) is 24.4 Å². The summed E-state index contributed by atoms with van der Waals surface area (Å²) in [5.74, 6) is -0.852. The molecule has 1 aliphatic carbocycles. The fourth-order valence-electron chi connectivity index (χ4n) is 4.06. The smallest absolute Gasteiger partial charge is 0.268 e. The summed E-state index contributed by atoms with van der Waals surface area (Å²) in [5, 5.41) is 18.7. The predicted molar refractivity (Wildman–Crippen MR) is 118 cm³/mol. The lowest BCUT2D eigenvalue weighted by Gasteiger charge is -2.25. The number of piperidine rings is 1. The number of fused-ring (bicyclic) bond motifs is 1. The molecule has 3 heterocycles. The standard InChI is InChI=1S/C22H25ClN6O3/c23-19-15-10-18(28-16(15)5-7-25-19)22(32)29-17(8-12-3-4-12)21(31)27-14(11-24)9-13-2-1-6-26-20(13)30/h5,7,10,12-14,17,28H,1-4,6,8-9H2,(H,26,30)(H,27,31)(H,29,32). The monoisotopic (exact) mass is 456 g/mol. The Bertz CT molecular complexity index is 1070. The molecular weight excluding hydrogens is 432 g/mol. The number of amides is 3. The molecule has 3 unspecified atom stereocenters. The van der Waals surface area contributed by atoms with Crippen LogP contribution in [0, 0.1) is 23.2 Å². The molecule has 2 aliphatic rings. The van der Waals surface area contributed by atoms with E-state index in [1.54, 1.807) is 18.3 Å². The first-order valence-electron chi connectivity index (χ1n) is 10.9. The number of nitrogens with zero attached hydrogens (tertiary/aromatic N) is 2. The molecule has 2 aromatic rings. The van der Waals surface area contributed by atoms with Crippen molar-refractivity contribution in [1.82, 2.24) is 25.9 Å². The molecule has 0 spiro atoms. The molecule has 0 bridgehead atoms. The number of carbonyl (C=O) groups is 3. The van der Waals surface area contributed by atoms with Crippen LogP contribution in [0.5, 0.6) is 0 Å². The molecule has 3 amide bonds. The second-order valence-electron chi connectivity index (χ2n) is 8.51. The normalized spacial score (nSPS) is 20.1. The Morgan fingerprint density at radius 1 is 1.28 bits per heavy atom.